The molecule has 0 aliphatic carbocycles. The van der Waals surface area contributed by atoms with Gasteiger partial charge in [0.2, 0.25) is 10.0 Å². The number of anilines is 1. The van der Waals surface area contributed by atoms with Gasteiger partial charge in [-0.3, -0.25) is 4.79 Å². The summed E-state index contributed by atoms with van der Waals surface area (Å²) in [5, 5.41) is 4.32. The molecule has 1 aliphatic heterocycles. The van der Waals surface area contributed by atoms with Gasteiger partial charge in [-0.2, -0.15) is 4.31 Å². The fourth-order valence-electron chi connectivity index (χ4n) is 3.08. The highest BCUT2D eigenvalue weighted by Crippen LogP contribution is 2.25. The first kappa shape index (κ1) is 20.5. The molecule has 1 aromatic carbocycles. The largest absolute Gasteiger partial charge is 0.465 e. The Morgan fingerprint density at radius 2 is 1.82 bits per heavy atom. The van der Waals surface area contributed by atoms with E-state index in [-0.39, 0.29) is 15.3 Å². The number of nitrogens with one attached hydrogen (secondary N) is 1. The van der Waals surface area contributed by atoms with Gasteiger partial charge in [-0.1, -0.05) is 18.9 Å². The van der Waals surface area contributed by atoms with Gasteiger partial charge >= 0.3 is 5.97 Å². The molecular formula is C19H22N2O5S2. The van der Waals surface area contributed by atoms with Gasteiger partial charge in [-0.15, -0.1) is 11.3 Å². The van der Waals surface area contributed by atoms with E-state index in [0.29, 0.717) is 18.8 Å². The lowest BCUT2D eigenvalue weighted by atomic mass is 10.2. The second-order valence-electron chi connectivity index (χ2n) is 6.46. The highest BCUT2D eigenvalue weighted by atomic mass is 32.2. The molecular weight excluding hydrogens is 400 g/mol. The third-order valence-electron chi connectivity index (χ3n) is 4.58. The van der Waals surface area contributed by atoms with Crippen LogP contribution >= 0.6 is 11.3 Å². The number of sulfonamides is 1. The number of amides is 1. The van der Waals surface area contributed by atoms with Gasteiger partial charge in [-0.25, -0.2) is 13.2 Å². The van der Waals surface area contributed by atoms with E-state index in [4.69, 9.17) is 4.74 Å². The number of esters is 1. The van der Waals surface area contributed by atoms with Gasteiger partial charge in [0.1, 0.15) is 4.88 Å². The van der Waals surface area contributed by atoms with Gasteiger partial charge in [-0.05, 0) is 42.5 Å². The first-order valence-electron chi connectivity index (χ1n) is 9.01. The molecule has 0 unspecified atom stereocenters. The van der Waals surface area contributed by atoms with Gasteiger partial charge in [0.15, 0.2) is 0 Å². The molecule has 1 aromatic heterocycles. The van der Waals surface area contributed by atoms with Crippen molar-refractivity contribution in [1.82, 2.24) is 4.31 Å². The molecule has 0 spiro atoms. The van der Waals surface area contributed by atoms with Crippen LogP contribution in [0.3, 0.4) is 0 Å². The van der Waals surface area contributed by atoms with Gasteiger partial charge in [0, 0.05) is 18.7 Å². The number of hydrogen-bond acceptors (Lipinski definition) is 6. The Balaban J connectivity index is 1.82. The number of hydrogen-bond donors (Lipinski definition) is 1. The summed E-state index contributed by atoms with van der Waals surface area (Å²) < 4.78 is 32.1. The first-order chi connectivity index (χ1) is 13.4. The Morgan fingerprint density at radius 1 is 1.11 bits per heavy atom. The van der Waals surface area contributed by atoms with Crippen LogP contribution in [-0.4, -0.2) is 44.8 Å². The topological polar surface area (TPSA) is 92.8 Å². The highest BCUT2D eigenvalue weighted by Gasteiger charge is 2.26. The summed E-state index contributed by atoms with van der Waals surface area (Å²) in [6.07, 6.45) is 3.73. The van der Waals surface area contributed by atoms with Crippen LogP contribution in [0.25, 0.3) is 0 Å². The number of carbonyl (C=O) groups excluding carboxylic acids is 2. The fraction of sp³-hybridized carbons (Fsp3) is 0.368. The molecule has 2 aromatic rings. The second kappa shape index (κ2) is 8.85. The van der Waals surface area contributed by atoms with Crippen LogP contribution in [0.4, 0.5) is 5.69 Å². The van der Waals surface area contributed by atoms with E-state index in [1.54, 1.807) is 23.6 Å². The van der Waals surface area contributed by atoms with E-state index >= 15 is 0 Å². The molecule has 9 heteroatoms. The number of thiophene rings is 1. The summed E-state index contributed by atoms with van der Waals surface area (Å²) in [7, 11) is -2.38. The van der Waals surface area contributed by atoms with Crippen molar-refractivity contribution < 1.29 is 22.7 Å². The zero-order valence-electron chi connectivity index (χ0n) is 15.5. The van der Waals surface area contributed by atoms with Gasteiger partial charge in [0.05, 0.1) is 17.7 Å². The quantitative estimate of drug-likeness (QED) is 0.746. The summed E-state index contributed by atoms with van der Waals surface area (Å²) in [5.41, 5.74) is 0.542. The van der Waals surface area contributed by atoms with Crippen molar-refractivity contribution in [2.45, 2.75) is 30.6 Å². The lowest BCUT2D eigenvalue weighted by Crippen LogP contribution is -2.32. The maximum atomic E-state index is 12.9. The molecule has 1 amide bonds. The van der Waals surface area contributed by atoms with Crippen molar-refractivity contribution in [3.63, 3.8) is 0 Å². The lowest BCUT2D eigenvalue weighted by molar-refractivity contribution is 0.0607. The van der Waals surface area contributed by atoms with E-state index < -0.39 is 21.9 Å². The zero-order valence-corrected chi connectivity index (χ0v) is 17.1. The maximum absolute atomic E-state index is 12.9. The maximum Gasteiger partial charge on any atom is 0.350 e. The molecule has 0 bridgehead atoms. The average molecular weight is 423 g/mol. The van der Waals surface area contributed by atoms with E-state index in [0.717, 1.165) is 37.0 Å². The first-order valence-corrected chi connectivity index (χ1v) is 11.3. The standard InChI is InChI=1S/C19H22N2O5S2/c1-26-19(23)17-16(9-12-27-17)20-18(22)14-7-6-8-15(13-14)28(24,25)21-10-4-2-3-5-11-21/h6-9,12-13H,2-5,10-11H2,1H3,(H,20,22). The van der Waals surface area contributed by atoms with Gasteiger partial charge in [0.25, 0.3) is 5.91 Å². The summed E-state index contributed by atoms with van der Waals surface area (Å²) in [5.74, 6) is -1.03. The third-order valence-corrected chi connectivity index (χ3v) is 7.37. The molecule has 1 N–H and O–H groups in total. The minimum Gasteiger partial charge on any atom is -0.465 e. The van der Waals surface area contributed by atoms with Crippen LogP contribution in [0.1, 0.15) is 45.7 Å². The van der Waals surface area contributed by atoms with E-state index in [2.05, 4.69) is 5.32 Å². The molecule has 1 saturated heterocycles. The summed E-state index contributed by atoms with van der Waals surface area (Å²) in [6.45, 7) is 0.992. The van der Waals surface area contributed by atoms with Crippen LogP contribution in [0, 0.1) is 0 Å². The Bertz CT molecular complexity index is 960. The third kappa shape index (κ3) is 4.43. The fourth-order valence-corrected chi connectivity index (χ4v) is 5.41. The summed E-state index contributed by atoms with van der Waals surface area (Å²) >= 11 is 1.16. The number of carbonyl (C=O) groups is 2. The van der Waals surface area contributed by atoms with Crippen LogP contribution < -0.4 is 5.32 Å². The predicted molar refractivity (Wildman–Crippen MR) is 107 cm³/mol. The molecule has 150 valence electrons. The average Bonchev–Trinajstić information content (AvgIpc) is 2.98. The van der Waals surface area contributed by atoms with Gasteiger partial charge < -0.3 is 10.1 Å². The lowest BCUT2D eigenvalue weighted by Gasteiger charge is -2.20. The number of rotatable bonds is 5. The van der Waals surface area contributed by atoms with Crippen molar-refractivity contribution in [2.75, 3.05) is 25.5 Å². The molecule has 0 radical (unpaired) electrons. The Labute approximate surface area is 168 Å². The van der Waals surface area contributed by atoms with Crippen molar-refractivity contribution in [3.05, 3.63) is 46.2 Å². The molecule has 28 heavy (non-hydrogen) atoms. The van der Waals surface area contributed by atoms with Crippen LogP contribution in [0.15, 0.2) is 40.6 Å². The Hall–Kier alpha value is -2.23. The number of ether oxygens (including phenoxy) is 1. The van der Waals surface area contributed by atoms with E-state index in [9.17, 15) is 18.0 Å². The zero-order chi connectivity index (χ0) is 20.1. The van der Waals surface area contributed by atoms with E-state index in [1.165, 1.54) is 23.5 Å². The molecule has 1 fully saturated rings. The van der Waals surface area contributed by atoms with Crippen LogP contribution in [-0.2, 0) is 14.8 Å². The van der Waals surface area contributed by atoms with Crippen LogP contribution in [0.5, 0.6) is 0 Å². The van der Waals surface area contributed by atoms with Crippen molar-refractivity contribution >= 4 is 38.9 Å². The molecule has 0 atom stereocenters. The minimum atomic E-state index is -3.65. The second-order valence-corrected chi connectivity index (χ2v) is 9.31. The molecule has 3 rings (SSSR count). The summed E-state index contributed by atoms with van der Waals surface area (Å²) in [4.78, 5) is 24.8. The smallest absolute Gasteiger partial charge is 0.350 e. The molecule has 2 heterocycles. The monoisotopic (exact) mass is 422 g/mol. The predicted octanol–water partition coefficient (Wildman–Crippen LogP) is 3.35. The molecule has 0 saturated carbocycles. The normalized spacial score (nSPS) is 15.6. The molecule has 1 aliphatic rings. The van der Waals surface area contributed by atoms with Crippen molar-refractivity contribution in [3.8, 4) is 0 Å². The Morgan fingerprint density at radius 3 is 2.50 bits per heavy atom. The van der Waals surface area contributed by atoms with E-state index in [1.807, 2.05) is 0 Å². The SMILES string of the molecule is COC(=O)c1sccc1NC(=O)c1cccc(S(=O)(=O)N2CCCCCC2)c1. The van der Waals surface area contributed by atoms with Crippen LogP contribution in [0.2, 0.25) is 0 Å². The number of methoxy groups -OCH3 is 1. The number of nitrogens with zero attached hydrogens (tertiary/aromatic N) is 1. The summed E-state index contributed by atoms with van der Waals surface area (Å²) in [6, 6.07) is 7.57. The van der Waals surface area contributed by atoms with Crippen molar-refractivity contribution in [1.29, 1.82) is 0 Å². The highest BCUT2D eigenvalue weighted by molar-refractivity contribution is 7.89. The Kier molecular flexibility index (Phi) is 6.48. The van der Waals surface area contributed by atoms with Crippen molar-refractivity contribution in [2.24, 2.45) is 0 Å². The number of benzene rings is 1. The minimum absolute atomic E-state index is 0.0977. The molecule has 7 nitrogen and oxygen atoms in total.